The van der Waals surface area contributed by atoms with Crippen molar-refractivity contribution in [2.75, 3.05) is 34.4 Å². The normalized spacial score (nSPS) is 10.8. The van der Waals surface area contributed by atoms with Crippen molar-refractivity contribution in [1.82, 2.24) is 14.7 Å². The molecule has 0 radical (unpaired) electrons. The summed E-state index contributed by atoms with van der Waals surface area (Å²) in [6.45, 7) is 1.89. The van der Waals surface area contributed by atoms with E-state index in [1.165, 1.54) is 0 Å². The van der Waals surface area contributed by atoms with Crippen LogP contribution in [0.5, 0.6) is 23.0 Å². The van der Waals surface area contributed by atoms with Gasteiger partial charge < -0.3 is 23.4 Å². The number of benzene rings is 2. The Morgan fingerprint density at radius 2 is 1.43 bits per heavy atom. The third kappa shape index (κ3) is 6.23. The van der Waals surface area contributed by atoms with E-state index in [9.17, 15) is 0 Å². The van der Waals surface area contributed by atoms with Crippen molar-refractivity contribution in [3.05, 3.63) is 59.3 Å². The van der Waals surface area contributed by atoms with Gasteiger partial charge in [0.1, 0.15) is 29.6 Å². The molecule has 0 aliphatic heterocycles. The maximum Gasteiger partial charge on any atom is 0.288 e. The number of aromatic nitrogens is 2. The van der Waals surface area contributed by atoms with Crippen LogP contribution in [0.2, 0.25) is 0 Å². The van der Waals surface area contributed by atoms with Crippen LogP contribution in [0.3, 0.4) is 0 Å². The second kappa shape index (κ2) is 10.7. The van der Waals surface area contributed by atoms with Crippen molar-refractivity contribution >= 4 is 12.2 Å². The topological polar surface area (TPSA) is 71.1 Å². The standard InChI is InChI=1S/C21H25N3O5S/c1-23(12-13-27-18-8-4-16(25-2)5-9-18)15-24-21(30)29-20(22-24)14-28-19-10-6-17(26-3)7-11-19/h4-11H,12-15H2,1-3H3. The van der Waals surface area contributed by atoms with Crippen molar-refractivity contribution in [3.8, 4) is 23.0 Å². The molecule has 0 N–H and O–H groups in total. The highest BCUT2D eigenvalue weighted by Crippen LogP contribution is 2.18. The quantitative estimate of drug-likeness (QED) is 0.425. The van der Waals surface area contributed by atoms with Gasteiger partial charge in [-0.15, -0.1) is 5.10 Å². The van der Waals surface area contributed by atoms with Crippen LogP contribution < -0.4 is 18.9 Å². The summed E-state index contributed by atoms with van der Waals surface area (Å²) < 4.78 is 28.8. The molecule has 0 amide bonds. The Hall–Kier alpha value is -3.04. The van der Waals surface area contributed by atoms with Gasteiger partial charge in [-0.25, -0.2) is 4.68 Å². The molecule has 0 saturated carbocycles. The van der Waals surface area contributed by atoms with Gasteiger partial charge in [-0.3, -0.25) is 4.90 Å². The molecule has 0 aliphatic carbocycles. The number of methoxy groups -OCH3 is 2. The maximum absolute atomic E-state index is 5.75. The van der Waals surface area contributed by atoms with Crippen LogP contribution in [0.15, 0.2) is 52.9 Å². The lowest BCUT2D eigenvalue weighted by molar-refractivity contribution is 0.196. The van der Waals surface area contributed by atoms with Gasteiger partial charge in [-0.2, -0.15) is 0 Å². The van der Waals surface area contributed by atoms with Crippen LogP contribution in [0.4, 0.5) is 0 Å². The van der Waals surface area contributed by atoms with Crippen LogP contribution in [0.25, 0.3) is 0 Å². The minimum atomic E-state index is 0.188. The van der Waals surface area contributed by atoms with Crippen molar-refractivity contribution in [2.24, 2.45) is 0 Å². The Kier molecular flexibility index (Phi) is 7.69. The first kappa shape index (κ1) is 21.7. The molecule has 1 heterocycles. The summed E-state index contributed by atoms with van der Waals surface area (Å²) >= 11 is 5.26. The summed E-state index contributed by atoms with van der Waals surface area (Å²) in [5.74, 6) is 3.47. The van der Waals surface area contributed by atoms with E-state index in [4.69, 9.17) is 35.6 Å². The summed E-state index contributed by atoms with van der Waals surface area (Å²) in [4.78, 5) is 2.34. The van der Waals surface area contributed by atoms with Crippen LogP contribution in [-0.2, 0) is 13.3 Å². The molecule has 0 fully saturated rings. The van der Waals surface area contributed by atoms with Gasteiger partial charge in [0.2, 0.25) is 0 Å². The minimum absolute atomic E-state index is 0.188. The molecule has 0 unspecified atom stereocenters. The van der Waals surface area contributed by atoms with Crippen LogP contribution in [0.1, 0.15) is 5.89 Å². The number of hydrogen-bond acceptors (Lipinski definition) is 8. The summed E-state index contributed by atoms with van der Waals surface area (Å²) in [5, 5.41) is 4.38. The number of nitrogens with zero attached hydrogens (tertiary/aromatic N) is 3. The Morgan fingerprint density at radius 1 is 0.900 bits per heavy atom. The summed E-state index contributed by atoms with van der Waals surface area (Å²) in [5.41, 5.74) is 0. The first-order valence-corrected chi connectivity index (χ1v) is 9.77. The number of rotatable bonds is 11. The van der Waals surface area contributed by atoms with Gasteiger partial charge >= 0.3 is 0 Å². The number of ether oxygens (including phenoxy) is 4. The van der Waals surface area contributed by atoms with Crippen LogP contribution in [-0.4, -0.2) is 49.1 Å². The zero-order valence-corrected chi connectivity index (χ0v) is 18.1. The summed E-state index contributed by atoms with van der Waals surface area (Å²) in [7, 11) is 5.21. The predicted octanol–water partition coefficient (Wildman–Crippen LogP) is 3.77. The van der Waals surface area contributed by atoms with E-state index in [-0.39, 0.29) is 6.61 Å². The zero-order chi connectivity index (χ0) is 21.3. The molecule has 0 aliphatic rings. The van der Waals surface area contributed by atoms with Crippen molar-refractivity contribution in [1.29, 1.82) is 0 Å². The van der Waals surface area contributed by atoms with Crippen molar-refractivity contribution in [3.63, 3.8) is 0 Å². The molecule has 160 valence electrons. The lowest BCUT2D eigenvalue weighted by Crippen LogP contribution is -2.27. The number of hydrogen-bond donors (Lipinski definition) is 0. The fourth-order valence-electron chi connectivity index (χ4n) is 2.60. The summed E-state index contributed by atoms with van der Waals surface area (Å²) in [6, 6.07) is 14.8. The SMILES string of the molecule is COc1ccc(OCCN(C)Cn2nc(COc3ccc(OC)cc3)oc2=S)cc1. The van der Waals surface area contributed by atoms with Gasteiger partial charge in [-0.05, 0) is 67.8 Å². The molecular formula is C21H25N3O5S. The summed E-state index contributed by atoms with van der Waals surface area (Å²) in [6.07, 6.45) is 0. The molecule has 30 heavy (non-hydrogen) atoms. The number of likely N-dealkylation sites (N-methyl/N-ethyl adjacent to an activating group) is 1. The molecule has 8 nitrogen and oxygen atoms in total. The average molecular weight is 432 g/mol. The molecule has 3 rings (SSSR count). The molecular weight excluding hydrogens is 406 g/mol. The van der Waals surface area contributed by atoms with E-state index in [0.717, 1.165) is 17.2 Å². The smallest absolute Gasteiger partial charge is 0.288 e. The molecule has 2 aromatic carbocycles. The lowest BCUT2D eigenvalue weighted by Gasteiger charge is -2.16. The Labute approximate surface area is 180 Å². The molecule has 9 heteroatoms. The van der Waals surface area contributed by atoms with Gasteiger partial charge in [0.05, 0.1) is 20.9 Å². The van der Waals surface area contributed by atoms with Crippen LogP contribution >= 0.6 is 12.2 Å². The van der Waals surface area contributed by atoms with E-state index in [0.29, 0.717) is 36.3 Å². The zero-order valence-electron chi connectivity index (χ0n) is 17.2. The highest BCUT2D eigenvalue weighted by molar-refractivity contribution is 7.71. The minimum Gasteiger partial charge on any atom is -0.497 e. The molecule has 0 bridgehead atoms. The first-order valence-electron chi connectivity index (χ1n) is 9.36. The van der Waals surface area contributed by atoms with Crippen molar-refractivity contribution in [2.45, 2.75) is 13.3 Å². The molecule has 3 aromatic rings. The van der Waals surface area contributed by atoms with E-state index in [1.54, 1.807) is 18.9 Å². The van der Waals surface area contributed by atoms with Gasteiger partial charge in [0, 0.05) is 6.54 Å². The molecule has 0 saturated heterocycles. The fraction of sp³-hybridized carbons (Fsp3) is 0.333. The Balaban J connectivity index is 1.45. The third-order valence-electron chi connectivity index (χ3n) is 4.25. The predicted molar refractivity (Wildman–Crippen MR) is 114 cm³/mol. The van der Waals surface area contributed by atoms with E-state index >= 15 is 0 Å². The fourth-order valence-corrected chi connectivity index (χ4v) is 2.80. The maximum atomic E-state index is 5.75. The monoisotopic (exact) mass is 431 g/mol. The molecule has 0 atom stereocenters. The van der Waals surface area contributed by atoms with Crippen molar-refractivity contribution < 1.29 is 23.4 Å². The second-order valence-corrected chi connectivity index (χ2v) is 6.82. The first-order chi connectivity index (χ1) is 14.6. The highest BCUT2D eigenvalue weighted by atomic mass is 32.1. The van der Waals surface area contributed by atoms with E-state index < -0.39 is 0 Å². The largest absolute Gasteiger partial charge is 0.497 e. The van der Waals surface area contributed by atoms with E-state index in [2.05, 4.69) is 5.10 Å². The van der Waals surface area contributed by atoms with Gasteiger partial charge in [0.25, 0.3) is 10.7 Å². The highest BCUT2D eigenvalue weighted by Gasteiger charge is 2.09. The lowest BCUT2D eigenvalue weighted by atomic mass is 10.3. The van der Waals surface area contributed by atoms with Crippen LogP contribution in [0, 0.1) is 4.84 Å². The van der Waals surface area contributed by atoms with Gasteiger partial charge in [-0.1, -0.05) is 0 Å². The third-order valence-corrected chi connectivity index (χ3v) is 4.54. The molecule has 0 spiro atoms. The Bertz CT molecular complexity index is 970. The molecule has 1 aromatic heterocycles. The van der Waals surface area contributed by atoms with E-state index in [1.807, 2.05) is 60.5 Å². The second-order valence-electron chi connectivity index (χ2n) is 6.47. The Morgan fingerprint density at radius 3 is 2.00 bits per heavy atom. The van der Waals surface area contributed by atoms with Gasteiger partial charge in [0.15, 0.2) is 6.61 Å². The average Bonchev–Trinajstić information content (AvgIpc) is 3.12.